The third-order valence-electron chi connectivity index (χ3n) is 3.38. The van der Waals surface area contributed by atoms with Gasteiger partial charge in [0.1, 0.15) is 11.5 Å². The number of amides is 1. The predicted octanol–water partition coefficient (Wildman–Crippen LogP) is 1.86. The average molecular weight is 342 g/mol. The fourth-order valence-electron chi connectivity index (χ4n) is 2.13. The Balaban J connectivity index is 1.87. The van der Waals surface area contributed by atoms with Crippen LogP contribution in [0, 0.1) is 0 Å². The summed E-state index contributed by atoms with van der Waals surface area (Å²) in [6.07, 6.45) is 0. The average Bonchev–Trinajstić information content (AvgIpc) is 2.65. The molecule has 2 aromatic rings. The van der Waals surface area contributed by atoms with E-state index in [0.29, 0.717) is 35.8 Å². The van der Waals surface area contributed by atoms with Gasteiger partial charge in [0, 0.05) is 18.2 Å². The van der Waals surface area contributed by atoms with Crippen LogP contribution in [0.1, 0.15) is 10.4 Å². The van der Waals surface area contributed by atoms with Crippen molar-refractivity contribution >= 4 is 17.6 Å². The minimum atomic E-state index is -0.142. The lowest BCUT2D eigenvalue weighted by Gasteiger charge is -2.12. The first-order valence-electron chi connectivity index (χ1n) is 7.76. The van der Waals surface area contributed by atoms with E-state index in [4.69, 9.17) is 15.2 Å². The van der Waals surface area contributed by atoms with Crippen molar-refractivity contribution in [1.82, 2.24) is 5.32 Å². The van der Waals surface area contributed by atoms with Crippen molar-refractivity contribution in [3.05, 3.63) is 54.1 Å². The Morgan fingerprint density at radius 1 is 1.12 bits per heavy atom. The first-order valence-corrected chi connectivity index (χ1v) is 7.76. The van der Waals surface area contributed by atoms with Crippen LogP contribution in [0.5, 0.6) is 11.5 Å². The molecular formula is C18H22N4O3. The highest BCUT2D eigenvalue weighted by molar-refractivity contribution is 5.95. The molecule has 0 heterocycles. The molecule has 132 valence electrons. The van der Waals surface area contributed by atoms with Crippen LogP contribution < -0.4 is 25.8 Å². The maximum absolute atomic E-state index is 11.9. The number of carbonyl (C=O) groups excluding carboxylic acids is 1. The Hall–Kier alpha value is -3.22. The number of aliphatic imine (C=N–C) groups is 1. The number of anilines is 1. The number of hydrogen-bond donors (Lipinski definition) is 3. The highest BCUT2D eigenvalue weighted by Gasteiger charge is 2.06. The molecule has 1 amide bonds. The van der Waals surface area contributed by atoms with Gasteiger partial charge in [0.2, 0.25) is 0 Å². The largest absolute Gasteiger partial charge is 0.497 e. The smallest absolute Gasteiger partial charge is 0.251 e. The Morgan fingerprint density at radius 2 is 1.88 bits per heavy atom. The van der Waals surface area contributed by atoms with Crippen molar-refractivity contribution in [2.45, 2.75) is 0 Å². The number of hydrogen-bond acceptors (Lipinski definition) is 4. The number of methoxy groups -OCH3 is 2. The lowest BCUT2D eigenvalue weighted by atomic mass is 10.2. The molecule has 0 bridgehead atoms. The first-order chi connectivity index (χ1) is 12.1. The number of ether oxygens (including phenoxy) is 2. The lowest BCUT2D eigenvalue weighted by molar-refractivity contribution is 0.0955. The van der Waals surface area contributed by atoms with E-state index < -0.39 is 0 Å². The molecule has 0 atom stereocenters. The van der Waals surface area contributed by atoms with Crippen LogP contribution in [0.15, 0.2) is 53.5 Å². The number of nitrogens with zero attached hydrogens (tertiary/aromatic N) is 1. The Kier molecular flexibility index (Phi) is 6.65. The summed E-state index contributed by atoms with van der Waals surface area (Å²) in [7, 11) is 3.15. The Bertz CT molecular complexity index is 732. The number of benzene rings is 2. The maximum atomic E-state index is 11.9. The van der Waals surface area contributed by atoms with Gasteiger partial charge in [-0.3, -0.25) is 9.79 Å². The summed E-state index contributed by atoms with van der Waals surface area (Å²) >= 11 is 0. The summed E-state index contributed by atoms with van der Waals surface area (Å²) in [6, 6.07) is 14.3. The molecule has 0 aliphatic rings. The third-order valence-corrected chi connectivity index (χ3v) is 3.38. The van der Waals surface area contributed by atoms with E-state index >= 15 is 0 Å². The third kappa shape index (κ3) is 5.42. The second-order valence-electron chi connectivity index (χ2n) is 5.08. The van der Waals surface area contributed by atoms with Gasteiger partial charge in [0.15, 0.2) is 5.96 Å². The van der Waals surface area contributed by atoms with Gasteiger partial charge >= 0.3 is 0 Å². The van der Waals surface area contributed by atoms with Crippen molar-refractivity contribution in [2.24, 2.45) is 10.7 Å². The van der Waals surface area contributed by atoms with E-state index in [9.17, 15) is 4.79 Å². The molecule has 0 aliphatic heterocycles. The minimum absolute atomic E-state index is 0.142. The molecule has 0 spiro atoms. The molecule has 2 rings (SSSR count). The number of nitrogens with two attached hydrogens (primary N) is 1. The summed E-state index contributed by atoms with van der Waals surface area (Å²) in [5, 5.41) is 5.75. The quantitative estimate of drug-likeness (QED) is 0.405. The van der Waals surface area contributed by atoms with Crippen LogP contribution in [0.3, 0.4) is 0 Å². The van der Waals surface area contributed by atoms with Gasteiger partial charge in [-0.05, 0) is 24.3 Å². The molecule has 0 radical (unpaired) electrons. The topological polar surface area (TPSA) is 98.0 Å². The van der Waals surface area contributed by atoms with E-state index in [1.807, 2.05) is 18.2 Å². The van der Waals surface area contributed by atoms with Crippen molar-refractivity contribution in [3.63, 3.8) is 0 Å². The number of rotatable bonds is 7. The predicted molar refractivity (Wildman–Crippen MR) is 98.4 cm³/mol. The second kappa shape index (κ2) is 9.17. The number of carbonyl (C=O) groups is 1. The molecule has 7 heteroatoms. The summed E-state index contributed by atoms with van der Waals surface area (Å²) in [4.78, 5) is 16.1. The van der Waals surface area contributed by atoms with Gasteiger partial charge in [0.25, 0.3) is 5.91 Å². The molecule has 0 fully saturated rings. The van der Waals surface area contributed by atoms with Gasteiger partial charge < -0.3 is 25.8 Å². The van der Waals surface area contributed by atoms with E-state index in [1.165, 1.54) is 0 Å². The zero-order valence-electron chi connectivity index (χ0n) is 14.3. The monoisotopic (exact) mass is 342 g/mol. The van der Waals surface area contributed by atoms with Crippen LogP contribution in [0.25, 0.3) is 0 Å². The van der Waals surface area contributed by atoms with Crippen LogP contribution in [-0.4, -0.2) is 39.2 Å². The number of nitrogens with one attached hydrogen (secondary N) is 2. The molecule has 0 unspecified atom stereocenters. The Morgan fingerprint density at radius 3 is 2.56 bits per heavy atom. The van der Waals surface area contributed by atoms with E-state index in [1.54, 1.807) is 44.6 Å². The molecule has 7 nitrogen and oxygen atoms in total. The van der Waals surface area contributed by atoms with Gasteiger partial charge in [-0.25, -0.2) is 0 Å². The van der Waals surface area contributed by atoms with Crippen molar-refractivity contribution in [1.29, 1.82) is 0 Å². The molecule has 0 aromatic heterocycles. The SMILES string of the molecule is COc1ccc(OC)c(NC(N)=NCCNC(=O)c2ccccc2)c1. The standard InChI is InChI=1S/C18H22N4O3/c1-24-14-8-9-16(25-2)15(12-14)22-18(19)21-11-10-20-17(23)13-6-4-3-5-7-13/h3-9,12H,10-11H2,1-2H3,(H,20,23)(H3,19,21,22). The van der Waals surface area contributed by atoms with Crippen LogP contribution in [0.2, 0.25) is 0 Å². The fraction of sp³-hybridized carbons (Fsp3) is 0.222. The van der Waals surface area contributed by atoms with E-state index in [2.05, 4.69) is 15.6 Å². The first kappa shape index (κ1) is 18.1. The zero-order valence-corrected chi connectivity index (χ0v) is 14.3. The molecular weight excluding hydrogens is 320 g/mol. The van der Waals surface area contributed by atoms with Gasteiger partial charge in [0.05, 0.1) is 26.5 Å². The van der Waals surface area contributed by atoms with E-state index in [0.717, 1.165) is 0 Å². The van der Waals surface area contributed by atoms with E-state index in [-0.39, 0.29) is 11.9 Å². The summed E-state index contributed by atoms with van der Waals surface area (Å²) < 4.78 is 10.4. The van der Waals surface area contributed by atoms with Crippen molar-refractivity contribution < 1.29 is 14.3 Å². The summed E-state index contributed by atoms with van der Waals surface area (Å²) in [6.45, 7) is 0.731. The maximum Gasteiger partial charge on any atom is 0.251 e. The molecule has 0 aliphatic carbocycles. The summed E-state index contributed by atoms with van der Waals surface area (Å²) in [5.74, 6) is 1.37. The van der Waals surface area contributed by atoms with Crippen LogP contribution in [0.4, 0.5) is 5.69 Å². The lowest BCUT2D eigenvalue weighted by Crippen LogP contribution is -2.28. The highest BCUT2D eigenvalue weighted by atomic mass is 16.5. The molecule has 0 saturated carbocycles. The summed E-state index contributed by atoms with van der Waals surface area (Å²) in [5.41, 5.74) is 7.14. The molecule has 4 N–H and O–H groups in total. The van der Waals surface area contributed by atoms with Crippen molar-refractivity contribution in [3.8, 4) is 11.5 Å². The van der Waals surface area contributed by atoms with Crippen LogP contribution in [-0.2, 0) is 0 Å². The van der Waals surface area contributed by atoms with Gasteiger partial charge in [-0.2, -0.15) is 0 Å². The number of guanidine groups is 1. The molecule has 2 aromatic carbocycles. The highest BCUT2D eigenvalue weighted by Crippen LogP contribution is 2.28. The second-order valence-corrected chi connectivity index (χ2v) is 5.08. The Labute approximate surface area is 146 Å². The van der Waals surface area contributed by atoms with Crippen molar-refractivity contribution in [2.75, 3.05) is 32.6 Å². The molecule has 0 saturated heterocycles. The zero-order chi connectivity index (χ0) is 18.1. The van der Waals surface area contributed by atoms with Gasteiger partial charge in [-0.1, -0.05) is 18.2 Å². The normalized spacial score (nSPS) is 10.9. The van der Waals surface area contributed by atoms with Gasteiger partial charge in [-0.15, -0.1) is 0 Å². The minimum Gasteiger partial charge on any atom is -0.497 e. The fourth-order valence-corrected chi connectivity index (χ4v) is 2.13. The molecule has 25 heavy (non-hydrogen) atoms. The van der Waals surface area contributed by atoms with Crippen LogP contribution >= 0.6 is 0 Å².